The monoisotopic (exact) mass is 425 g/mol. The Balaban J connectivity index is 1.67. The van der Waals surface area contributed by atoms with Gasteiger partial charge in [0.25, 0.3) is 5.69 Å². The van der Waals surface area contributed by atoms with Crippen molar-refractivity contribution in [3.63, 3.8) is 0 Å². The summed E-state index contributed by atoms with van der Waals surface area (Å²) in [5.41, 5.74) is -0.167. The molecule has 1 fully saturated rings. The van der Waals surface area contributed by atoms with Crippen LogP contribution in [0.3, 0.4) is 0 Å². The largest absolute Gasteiger partial charge is 0.492 e. The molecule has 0 saturated carbocycles. The quantitative estimate of drug-likeness (QED) is 0.392. The molecule has 1 aliphatic heterocycles. The first-order valence-corrected chi connectivity index (χ1v) is 10.3. The van der Waals surface area contributed by atoms with Crippen LogP contribution in [0.5, 0.6) is 5.75 Å². The lowest BCUT2D eigenvalue weighted by Crippen LogP contribution is -2.40. The molecule has 29 heavy (non-hydrogen) atoms. The van der Waals surface area contributed by atoms with Crippen LogP contribution in [0.25, 0.3) is 0 Å². The van der Waals surface area contributed by atoms with Crippen LogP contribution in [0.2, 0.25) is 0 Å². The zero-order valence-electron chi connectivity index (χ0n) is 15.4. The number of hydrogen-bond donors (Lipinski definition) is 1. The Kier molecular flexibility index (Phi) is 6.62. The van der Waals surface area contributed by atoms with Gasteiger partial charge in [-0.15, -0.1) is 0 Å². The van der Waals surface area contributed by atoms with Gasteiger partial charge in [-0.25, -0.2) is 12.8 Å². The number of hydrogen-bond acceptors (Lipinski definition) is 7. The van der Waals surface area contributed by atoms with Crippen LogP contribution in [0.15, 0.2) is 47.4 Å². The fraction of sp³-hybridized carbons (Fsp3) is 0.333. The van der Waals surface area contributed by atoms with Crippen molar-refractivity contribution in [2.75, 3.05) is 44.8 Å². The smallest absolute Gasteiger partial charge is 0.293 e. The molecule has 0 aromatic heterocycles. The van der Waals surface area contributed by atoms with Crippen molar-refractivity contribution in [1.82, 2.24) is 4.31 Å². The zero-order valence-corrected chi connectivity index (χ0v) is 16.2. The van der Waals surface area contributed by atoms with Crippen molar-refractivity contribution >= 4 is 21.4 Å². The number of nitrogens with zero attached hydrogens (tertiary/aromatic N) is 2. The summed E-state index contributed by atoms with van der Waals surface area (Å²) in [6.45, 7) is 1.39. The summed E-state index contributed by atoms with van der Waals surface area (Å²) >= 11 is 0. The van der Waals surface area contributed by atoms with Gasteiger partial charge in [-0.3, -0.25) is 10.1 Å². The van der Waals surface area contributed by atoms with Crippen molar-refractivity contribution in [3.8, 4) is 5.75 Å². The first-order valence-electron chi connectivity index (χ1n) is 8.86. The van der Waals surface area contributed by atoms with E-state index in [9.17, 15) is 22.9 Å². The van der Waals surface area contributed by atoms with Crippen molar-refractivity contribution in [1.29, 1.82) is 0 Å². The van der Waals surface area contributed by atoms with Gasteiger partial charge in [0.15, 0.2) is 0 Å². The Bertz CT molecular complexity index is 962. The second-order valence-corrected chi connectivity index (χ2v) is 8.12. The number of sulfonamides is 1. The van der Waals surface area contributed by atoms with Crippen molar-refractivity contribution in [3.05, 3.63) is 58.4 Å². The topological polar surface area (TPSA) is 111 Å². The lowest BCUT2D eigenvalue weighted by atomic mass is 10.2. The maximum atomic E-state index is 12.9. The third-order valence-electron chi connectivity index (χ3n) is 4.27. The maximum absolute atomic E-state index is 12.9. The summed E-state index contributed by atoms with van der Waals surface area (Å²) in [6.07, 6.45) is 0. The van der Waals surface area contributed by atoms with Gasteiger partial charge in [0.2, 0.25) is 10.0 Å². The maximum Gasteiger partial charge on any atom is 0.293 e. The van der Waals surface area contributed by atoms with E-state index < -0.39 is 14.9 Å². The SMILES string of the molecule is O=[N+]([O-])c1cc(S(=O)(=O)N2CCOCC2)ccc1NCCOc1ccc(F)cc1. The Morgan fingerprint density at radius 2 is 1.86 bits per heavy atom. The predicted octanol–water partition coefficient (Wildman–Crippen LogP) is 2.25. The molecule has 0 spiro atoms. The van der Waals surface area contributed by atoms with Crippen LogP contribution in [-0.4, -0.2) is 57.1 Å². The highest BCUT2D eigenvalue weighted by atomic mass is 32.2. The van der Waals surface area contributed by atoms with Crippen LogP contribution in [0.1, 0.15) is 0 Å². The van der Waals surface area contributed by atoms with Crippen LogP contribution in [0.4, 0.5) is 15.8 Å². The number of rotatable bonds is 8. The van der Waals surface area contributed by atoms with Gasteiger partial charge >= 0.3 is 0 Å². The predicted molar refractivity (Wildman–Crippen MR) is 103 cm³/mol. The van der Waals surface area contributed by atoms with Crippen molar-refractivity contribution in [2.24, 2.45) is 0 Å². The van der Waals surface area contributed by atoms with Gasteiger partial charge < -0.3 is 14.8 Å². The lowest BCUT2D eigenvalue weighted by Gasteiger charge is -2.26. The molecule has 1 saturated heterocycles. The van der Waals surface area contributed by atoms with Crippen LogP contribution in [0, 0.1) is 15.9 Å². The van der Waals surface area contributed by atoms with E-state index in [-0.39, 0.29) is 61.5 Å². The highest BCUT2D eigenvalue weighted by Crippen LogP contribution is 2.29. The lowest BCUT2D eigenvalue weighted by molar-refractivity contribution is -0.384. The van der Waals surface area contributed by atoms with E-state index in [1.165, 1.54) is 40.7 Å². The Labute approximate surface area is 167 Å². The molecule has 0 unspecified atom stereocenters. The van der Waals surface area contributed by atoms with Crippen molar-refractivity contribution < 1.29 is 27.2 Å². The molecule has 1 heterocycles. The molecule has 9 nitrogen and oxygen atoms in total. The summed E-state index contributed by atoms with van der Waals surface area (Å²) in [5, 5.41) is 14.3. The fourth-order valence-electron chi connectivity index (χ4n) is 2.79. The Morgan fingerprint density at radius 1 is 1.17 bits per heavy atom. The van der Waals surface area contributed by atoms with E-state index in [0.717, 1.165) is 6.07 Å². The third-order valence-corrected chi connectivity index (χ3v) is 6.17. The molecular weight excluding hydrogens is 405 g/mol. The molecule has 1 N–H and O–H groups in total. The molecular formula is C18H20FN3O6S. The molecule has 0 bridgehead atoms. The third kappa shape index (κ3) is 5.19. The van der Waals surface area contributed by atoms with Crippen LogP contribution < -0.4 is 10.1 Å². The Morgan fingerprint density at radius 3 is 2.52 bits per heavy atom. The van der Waals surface area contributed by atoms with E-state index in [2.05, 4.69) is 5.32 Å². The molecule has 0 aliphatic carbocycles. The second kappa shape index (κ2) is 9.16. The first-order chi connectivity index (χ1) is 13.9. The van der Waals surface area contributed by atoms with E-state index in [1.807, 2.05) is 0 Å². The summed E-state index contributed by atoms with van der Waals surface area (Å²) in [5.74, 6) is 0.0906. The molecule has 156 valence electrons. The van der Waals surface area contributed by atoms with Gasteiger partial charge in [0, 0.05) is 25.7 Å². The number of anilines is 1. The molecule has 3 rings (SSSR count). The molecule has 2 aromatic rings. The minimum absolute atomic E-state index is 0.140. The molecule has 0 atom stereocenters. The van der Waals surface area contributed by atoms with E-state index >= 15 is 0 Å². The average molecular weight is 425 g/mol. The van der Waals surface area contributed by atoms with E-state index in [1.54, 1.807) is 0 Å². The minimum atomic E-state index is -3.83. The molecule has 2 aromatic carbocycles. The van der Waals surface area contributed by atoms with Gasteiger partial charge in [-0.1, -0.05) is 0 Å². The summed E-state index contributed by atoms with van der Waals surface area (Å²) in [7, 11) is -3.83. The van der Waals surface area contributed by atoms with Crippen molar-refractivity contribution in [2.45, 2.75) is 4.90 Å². The van der Waals surface area contributed by atoms with Crippen LogP contribution >= 0.6 is 0 Å². The number of ether oxygens (including phenoxy) is 2. The average Bonchev–Trinajstić information content (AvgIpc) is 2.73. The first kappa shape index (κ1) is 21.0. The highest BCUT2D eigenvalue weighted by Gasteiger charge is 2.28. The van der Waals surface area contributed by atoms with Crippen LogP contribution in [-0.2, 0) is 14.8 Å². The molecule has 0 radical (unpaired) electrons. The number of nitro groups is 1. The van der Waals surface area contributed by atoms with Gasteiger partial charge in [-0.2, -0.15) is 4.31 Å². The number of nitro benzene ring substituents is 1. The standard InChI is InChI=1S/C18H20FN3O6S/c19-14-1-3-15(4-2-14)28-10-7-20-17-6-5-16(13-18(17)22(23)24)29(25,26)21-8-11-27-12-9-21/h1-6,13,20H,7-12H2. The fourth-order valence-corrected chi connectivity index (χ4v) is 4.22. The normalized spacial score (nSPS) is 15.1. The zero-order chi connectivity index (χ0) is 20.9. The Hall–Kier alpha value is -2.76. The highest BCUT2D eigenvalue weighted by molar-refractivity contribution is 7.89. The summed E-state index contributed by atoms with van der Waals surface area (Å²) < 4.78 is 50.1. The number of benzene rings is 2. The van der Waals surface area contributed by atoms with E-state index in [0.29, 0.717) is 5.75 Å². The molecule has 0 amide bonds. The minimum Gasteiger partial charge on any atom is -0.492 e. The number of morpholine rings is 1. The second-order valence-electron chi connectivity index (χ2n) is 6.18. The van der Waals surface area contributed by atoms with Gasteiger partial charge in [0.1, 0.15) is 23.9 Å². The van der Waals surface area contributed by atoms with E-state index in [4.69, 9.17) is 9.47 Å². The summed E-state index contributed by atoms with van der Waals surface area (Å²) in [4.78, 5) is 10.7. The summed E-state index contributed by atoms with van der Waals surface area (Å²) in [6, 6.07) is 9.23. The number of halogens is 1. The van der Waals surface area contributed by atoms with Gasteiger partial charge in [-0.05, 0) is 36.4 Å². The number of nitrogens with one attached hydrogen (secondary N) is 1. The molecule has 11 heteroatoms. The molecule has 1 aliphatic rings. The van der Waals surface area contributed by atoms with Gasteiger partial charge in [0.05, 0.1) is 23.0 Å².